The highest BCUT2D eigenvalue weighted by Crippen LogP contribution is 2.29. The predicted molar refractivity (Wildman–Crippen MR) is 117 cm³/mol. The first-order valence-corrected chi connectivity index (χ1v) is 11.2. The average molecular weight is 411 g/mol. The number of nitrogens with zero attached hydrogens (tertiary/aromatic N) is 4. The van der Waals surface area contributed by atoms with E-state index in [1.807, 2.05) is 24.2 Å². The summed E-state index contributed by atoms with van der Waals surface area (Å²) in [5.41, 5.74) is 2.37. The molecule has 2 aromatic heterocycles. The number of ether oxygens (including phenoxy) is 1. The lowest BCUT2D eigenvalue weighted by Crippen LogP contribution is -2.41. The molecule has 0 bridgehead atoms. The summed E-state index contributed by atoms with van der Waals surface area (Å²) in [5.74, 6) is 1.74. The second-order valence-electron chi connectivity index (χ2n) is 9.87. The lowest BCUT2D eigenvalue weighted by atomic mass is 9.91. The van der Waals surface area contributed by atoms with Gasteiger partial charge in [0.2, 0.25) is 0 Å². The first kappa shape index (κ1) is 21.0. The van der Waals surface area contributed by atoms with Crippen LogP contribution in [0.4, 0.5) is 0 Å². The summed E-state index contributed by atoms with van der Waals surface area (Å²) in [6.07, 6.45) is 11.2. The fourth-order valence-electron chi connectivity index (χ4n) is 4.34. The van der Waals surface area contributed by atoms with Crippen molar-refractivity contribution in [3.8, 4) is 11.3 Å². The molecule has 3 heterocycles. The molecule has 30 heavy (non-hydrogen) atoms. The van der Waals surface area contributed by atoms with E-state index in [2.05, 4.69) is 36.5 Å². The molecule has 0 atom stereocenters. The zero-order chi connectivity index (χ0) is 21.3. The van der Waals surface area contributed by atoms with Gasteiger partial charge in [-0.1, -0.05) is 20.8 Å². The first-order valence-electron chi connectivity index (χ1n) is 11.2. The van der Waals surface area contributed by atoms with Crippen LogP contribution in [-0.4, -0.2) is 51.6 Å². The molecule has 0 unspecified atom stereocenters. The Morgan fingerprint density at radius 3 is 2.57 bits per heavy atom. The maximum absolute atomic E-state index is 12.9. The molecule has 0 radical (unpaired) electrons. The second kappa shape index (κ2) is 8.50. The lowest BCUT2D eigenvalue weighted by molar-refractivity contribution is 0.0607. The van der Waals surface area contributed by atoms with Crippen molar-refractivity contribution in [3.05, 3.63) is 36.0 Å². The smallest absolute Gasteiger partial charge is 0.255 e. The van der Waals surface area contributed by atoms with E-state index >= 15 is 0 Å². The van der Waals surface area contributed by atoms with Crippen molar-refractivity contribution >= 4 is 5.91 Å². The van der Waals surface area contributed by atoms with Gasteiger partial charge in [0.05, 0.1) is 11.3 Å². The van der Waals surface area contributed by atoms with E-state index in [0.29, 0.717) is 17.5 Å². The Balaban J connectivity index is 1.61. The summed E-state index contributed by atoms with van der Waals surface area (Å²) in [4.78, 5) is 24.1. The molecule has 162 valence electrons. The molecule has 1 aliphatic carbocycles. The summed E-state index contributed by atoms with van der Waals surface area (Å²) in [6, 6.07) is 2.31. The summed E-state index contributed by atoms with van der Waals surface area (Å²) in [5, 5.41) is 0. The molecule has 1 amide bonds. The third-order valence-corrected chi connectivity index (χ3v) is 6.47. The van der Waals surface area contributed by atoms with Crippen LogP contribution in [-0.2, 0) is 16.7 Å². The van der Waals surface area contributed by atoms with E-state index in [-0.39, 0.29) is 11.3 Å². The van der Waals surface area contributed by atoms with E-state index in [1.54, 1.807) is 6.20 Å². The van der Waals surface area contributed by atoms with Gasteiger partial charge < -0.3 is 14.2 Å². The third-order valence-electron chi connectivity index (χ3n) is 6.47. The molecule has 2 aliphatic rings. The van der Waals surface area contributed by atoms with E-state index in [9.17, 15) is 4.79 Å². The molecule has 0 N–H and O–H groups in total. The number of amides is 1. The Kier molecular flexibility index (Phi) is 5.96. The highest BCUT2D eigenvalue weighted by Gasteiger charge is 2.28. The van der Waals surface area contributed by atoms with Crippen molar-refractivity contribution < 1.29 is 9.53 Å². The van der Waals surface area contributed by atoms with Crippen molar-refractivity contribution in [3.63, 3.8) is 0 Å². The molecule has 1 aliphatic heterocycles. The van der Waals surface area contributed by atoms with Gasteiger partial charge in [0.25, 0.3) is 5.91 Å². The monoisotopic (exact) mass is 410 g/mol. The minimum Gasteiger partial charge on any atom is -0.381 e. The molecular formula is C24H34N4O2. The van der Waals surface area contributed by atoms with Crippen LogP contribution in [0.5, 0.6) is 0 Å². The minimum absolute atomic E-state index is 0.0479. The molecule has 4 rings (SSSR count). The SMILES string of the molecule is CN(C(=O)c1cncc(-c2cn(CC3CCOCC3)c(C(C)(C)C)n2)c1)C1CCC1. The standard InChI is InChI=1S/C24H34N4O2/c1-24(2,3)23-26-21(16-28(23)15-17-8-10-30-11-9-17)18-12-19(14-25-13-18)22(29)27(4)20-6-5-7-20/h12-14,16-17,20H,5-11,15H2,1-4H3. The summed E-state index contributed by atoms with van der Waals surface area (Å²) in [7, 11) is 1.90. The second-order valence-corrected chi connectivity index (χ2v) is 9.87. The van der Waals surface area contributed by atoms with E-state index < -0.39 is 0 Å². The average Bonchev–Trinajstić information content (AvgIpc) is 3.11. The number of aromatic nitrogens is 3. The Morgan fingerprint density at radius 2 is 1.93 bits per heavy atom. The molecule has 6 nitrogen and oxygen atoms in total. The zero-order valence-corrected chi connectivity index (χ0v) is 18.7. The van der Waals surface area contributed by atoms with Crippen molar-refractivity contribution in [2.45, 2.75) is 70.9 Å². The summed E-state index contributed by atoms with van der Waals surface area (Å²) in [6.45, 7) is 9.25. The normalized spacial score (nSPS) is 18.3. The molecule has 2 aromatic rings. The van der Waals surface area contributed by atoms with Crippen LogP contribution in [0.3, 0.4) is 0 Å². The van der Waals surface area contributed by atoms with Gasteiger partial charge in [-0.3, -0.25) is 9.78 Å². The van der Waals surface area contributed by atoms with Crippen LogP contribution in [0.2, 0.25) is 0 Å². The van der Waals surface area contributed by atoms with Crippen LogP contribution < -0.4 is 0 Å². The minimum atomic E-state index is -0.0608. The van der Waals surface area contributed by atoms with Crippen LogP contribution >= 0.6 is 0 Å². The van der Waals surface area contributed by atoms with Crippen LogP contribution in [0.25, 0.3) is 11.3 Å². The quantitative estimate of drug-likeness (QED) is 0.738. The van der Waals surface area contributed by atoms with Crippen LogP contribution in [0, 0.1) is 5.92 Å². The molecule has 2 fully saturated rings. The Hall–Kier alpha value is -2.21. The first-order chi connectivity index (χ1) is 14.3. The van der Waals surface area contributed by atoms with E-state index in [0.717, 1.165) is 62.5 Å². The number of rotatable bonds is 5. The predicted octanol–water partition coefficient (Wildman–Crippen LogP) is 4.29. The van der Waals surface area contributed by atoms with Crippen molar-refractivity contribution in [1.29, 1.82) is 0 Å². The Morgan fingerprint density at radius 1 is 1.20 bits per heavy atom. The highest BCUT2D eigenvalue weighted by atomic mass is 16.5. The van der Waals surface area contributed by atoms with Gasteiger partial charge in [0.1, 0.15) is 5.82 Å². The lowest BCUT2D eigenvalue weighted by Gasteiger charge is -2.34. The number of carbonyl (C=O) groups excluding carboxylic acids is 1. The number of hydrogen-bond acceptors (Lipinski definition) is 4. The van der Waals surface area contributed by atoms with Crippen LogP contribution in [0.1, 0.15) is 69.1 Å². The Labute approximate surface area is 179 Å². The maximum Gasteiger partial charge on any atom is 0.255 e. The summed E-state index contributed by atoms with van der Waals surface area (Å²) >= 11 is 0. The third kappa shape index (κ3) is 4.43. The number of pyridine rings is 1. The van der Waals surface area contributed by atoms with Crippen molar-refractivity contribution in [1.82, 2.24) is 19.4 Å². The van der Waals surface area contributed by atoms with Gasteiger partial charge in [-0.25, -0.2) is 4.98 Å². The zero-order valence-electron chi connectivity index (χ0n) is 18.7. The van der Waals surface area contributed by atoms with Crippen molar-refractivity contribution in [2.24, 2.45) is 5.92 Å². The number of imidazole rings is 1. The van der Waals surface area contributed by atoms with Gasteiger partial charge in [-0.15, -0.1) is 0 Å². The molecule has 1 saturated carbocycles. The Bertz CT molecular complexity index is 889. The topological polar surface area (TPSA) is 60.2 Å². The fraction of sp³-hybridized carbons (Fsp3) is 0.625. The molecule has 0 spiro atoms. The molecular weight excluding hydrogens is 376 g/mol. The van der Waals surface area contributed by atoms with Crippen LogP contribution in [0.15, 0.2) is 24.7 Å². The molecule has 0 aromatic carbocycles. The maximum atomic E-state index is 12.9. The van der Waals surface area contributed by atoms with Gasteiger partial charge in [0, 0.05) is 62.4 Å². The number of hydrogen-bond donors (Lipinski definition) is 0. The fourth-order valence-corrected chi connectivity index (χ4v) is 4.34. The van der Waals surface area contributed by atoms with E-state index in [4.69, 9.17) is 9.72 Å². The van der Waals surface area contributed by atoms with Gasteiger partial charge in [0.15, 0.2) is 0 Å². The molecule has 6 heteroatoms. The van der Waals surface area contributed by atoms with Gasteiger partial charge in [-0.05, 0) is 44.1 Å². The summed E-state index contributed by atoms with van der Waals surface area (Å²) < 4.78 is 7.83. The van der Waals surface area contributed by atoms with Crippen molar-refractivity contribution in [2.75, 3.05) is 20.3 Å². The van der Waals surface area contributed by atoms with E-state index in [1.165, 1.54) is 6.42 Å². The number of carbonyl (C=O) groups is 1. The molecule has 1 saturated heterocycles. The largest absolute Gasteiger partial charge is 0.381 e. The highest BCUT2D eigenvalue weighted by molar-refractivity contribution is 5.95. The van der Waals surface area contributed by atoms with Gasteiger partial charge in [-0.2, -0.15) is 0 Å². The van der Waals surface area contributed by atoms with Gasteiger partial charge >= 0.3 is 0 Å².